The van der Waals surface area contributed by atoms with E-state index in [0.717, 1.165) is 19.6 Å². The fourth-order valence-electron chi connectivity index (χ4n) is 3.03. The van der Waals surface area contributed by atoms with E-state index in [2.05, 4.69) is 44.8 Å². The second-order valence-electron chi connectivity index (χ2n) is 6.77. The minimum Gasteiger partial charge on any atom is -0.370 e. The van der Waals surface area contributed by atoms with Crippen molar-refractivity contribution in [2.75, 3.05) is 26.2 Å². The molecule has 3 heteroatoms. The summed E-state index contributed by atoms with van der Waals surface area (Å²) in [4.78, 5) is 2.57. The van der Waals surface area contributed by atoms with E-state index in [1.54, 1.807) is 0 Å². The molecule has 0 amide bonds. The van der Waals surface area contributed by atoms with Gasteiger partial charge >= 0.3 is 0 Å². The van der Waals surface area contributed by atoms with Crippen LogP contribution in [0.2, 0.25) is 0 Å². The van der Waals surface area contributed by atoms with Gasteiger partial charge in [-0.2, -0.15) is 0 Å². The summed E-state index contributed by atoms with van der Waals surface area (Å²) in [7, 11) is 0. The molecule has 1 saturated heterocycles. The summed E-state index contributed by atoms with van der Waals surface area (Å²) >= 11 is 0. The Hall–Kier alpha value is -0.120. The molecule has 0 saturated carbocycles. The van der Waals surface area contributed by atoms with Gasteiger partial charge in [0.05, 0.1) is 11.7 Å². The van der Waals surface area contributed by atoms with Crippen LogP contribution in [0.25, 0.3) is 0 Å². The maximum absolute atomic E-state index is 5.94. The SMILES string of the molecule is CCCNC(C)CCCCN1CC(C)OC(C)(C)C1. The smallest absolute Gasteiger partial charge is 0.0757 e. The average Bonchev–Trinajstić information content (AvgIpc) is 2.29. The molecule has 114 valence electrons. The highest BCUT2D eigenvalue weighted by atomic mass is 16.5. The summed E-state index contributed by atoms with van der Waals surface area (Å²) in [5, 5.41) is 3.56. The van der Waals surface area contributed by atoms with Gasteiger partial charge in [0.1, 0.15) is 0 Å². The van der Waals surface area contributed by atoms with E-state index in [1.165, 1.54) is 32.2 Å². The number of hydrogen-bond acceptors (Lipinski definition) is 3. The minimum atomic E-state index is 0.0215. The lowest BCUT2D eigenvalue weighted by Crippen LogP contribution is -2.51. The third-order valence-electron chi connectivity index (χ3n) is 3.74. The fourth-order valence-corrected chi connectivity index (χ4v) is 3.03. The van der Waals surface area contributed by atoms with Gasteiger partial charge in [-0.1, -0.05) is 13.3 Å². The van der Waals surface area contributed by atoms with Crippen LogP contribution in [0.1, 0.15) is 60.3 Å². The van der Waals surface area contributed by atoms with Gasteiger partial charge in [0, 0.05) is 19.1 Å². The number of ether oxygens (including phenoxy) is 1. The molecule has 1 N–H and O–H groups in total. The molecule has 2 atom stereocenters. The first kappa shape index (κ1) is 16.9. The van der Waals surface area contributed by atoms with Gasteiger partial charge in [-0.3, -0.25) is 4.90 Å². The lowest BCUT2D eigenvalue weighted by atomic mass is 10.0. The molecule has 1 fully saturated rings. The normalized spacial score (nSPS) is 25.4. The summed E-state index contributed by atoms with van der Waals surface area (Å²) < 4.78 is 5.94. The molecule has 1 heterocycles. The third kappa shape index (κ3) is 7.28. The van der Waals surface area contributed by atoms with E-state index < -0.39 is 0 Å². The second kappa shape index (κ2) is 8.23. The molecule has 0 aromatic carbocycles. The molecule has 0 aromatic rings. The molecule has 0 aliphatic carbocycles. The molecule has 3 nitrogen and oxygen atoms in total. The zero-order valence-corrected chi connectivity index (χ0v) is 13.7. The van der Waals surface area contributed by atoms with E-state index in [0.29, 0.717) is 12.1 Å². The molecular weight excluding hydrogens is 236 g/mol. The van der Waals surface area contributed by atoms with E-state index >= 15 is 0 Å². The molecule has 1 aliphatic rings. The summed E-state index contributed by atoms with van der Waals surface area (Å²) in [6.45, 7) is 15.6. The predicted octanol–water partition coefficient (Wildman–Crippen LogP) is 3.04. The summed E-state index contributed by atoms with van der Waals surface area (Å²) in [6.07, 6.45) is 5.52. The van der Waals surface area contributed by atoms with Crippen molar-refractivity contribution in [3.8, 4) is 0 Å². The van der Waals surface area contributed by atoms with Gasteiger partial charge in [0.25, 0.3) is 0 Å². The Bertz CT molecular complexity index is 243. The number of morpholine rings is 1. The van der Waals surface area contributed by atoms with Gasteiger partial charge < -0.3 is 10.1 Å². The Morgan fingerprint density at radius 1 is 1.37 bits per heavy atom. The molecule has 1 rings (SSSR count). The van der Waals surface area contributed by atoms with Crippen LogP contribution in [0.3, 0.4) is 0 Å². The van der Waals surface area contributed by atoms with Crippen LogP contribution in [-0.4, -0.2) is 48.8 Å². The second-order valence-corrected chi connectivity index (χ2v) is 6.77. The van der Waals surface area contributed by atoms with Crippen LogP contribution in [0.5, 0.6) is 0 Å². The number of unbranched alkanes of at least 4 members (excludes halogenated alkanes) is 1. The van der Waals surface area contributed by atoms with Crippen molar-refractivity contribution in [1.29, 1.82) is 0 Å². The topological polar surface area (TPSA) is 24.5 Å². The highest BCUT2D eigenvalue weighted by Gasteiger charge is 2.30. The standard InChI is InChI=1S/C16H34N2O/c1-6-10-17-14(2)9-7-8-11-18-12-15(3)19-16(4,5)13-18/h14-15,17H,6-13H2,1-5H3. The number of rotatable bonds is 8. The number of nitrogens with one attached hydrogen (secondary N) is 1. The Balaban J connectivity index is 2.12. The lowest BCUT2D eigenvalue weighted by Gasteiger charge is -2.41. The molecule has 1 aliphatic heterocycles. The van der Waals surface area contributed by atoms with Crippen LogP contribution in [0.15, 0.2) is 0 Å². The van der Waals surface area contributed by atoms with Gasteiger partial charge in [-0.15, -0.1) is 0 Å². The van der Waals surface area contributed by atoms with Crippen molar-refractivity contribution >= 4 is 0 Å². The fraction of sp³-hybridized carbons (Fsp3) is 1.00. The van der Waals surface area contributed by atoms with Crippen LogP contribution >= 0.6 is 0 Å². The molecular formula is C16H34N2O. The first-order valence-electron chi connectivity index (χ1n) is 8.06. The highest BCUT2D eigenvalue weighted by Crippen LogP contribution is 2.21. The average molecular weight is 270 g/mol. The molecule has 0 aromatic heterocycles. The van der Waals surface area contributed by atoms with Gasteiger partial charge in [0.15, 0.2) is 0 Å². The van der Waals surface area contributed by atoms with E-state index in [4.69, 9.17) is 4.74 Å². The maximum atomic E-state index is 5.94. The monoisotopic (exact) mass is 270 g/mol. The molecule has 19 heavy (non-hydrogen) atoms. The summed E-state index contributed by atoms with van der Waals surface area (Å²) in [5.41, 5.74) is 0.0215. The molecule has 0 radical (unpaired) electrons. The Morgan fingerprint density at radius 3 is 2.74 bits per heavy atom. The summed E-state index contributed by atoms with van der Waals surface area (Å²) in [5.74, 6) is 0. The Kier molecular flexibility index (Phi) is 7.33. The van der Waals surface area contributed by atoms with Crippen LogP contribution in [0, 0.1) is 0 Å². The predicted molar refractivity (Wildman–Crippen MR) is 82.7 cm³/mol. The first-order valence-corrected chi connectivity index (χ1v) is 8.06. The Labute approximate surface area is 120 Å². The number of nitrogens with zero attached hydrogens (tertiary/aromatic N) is 1. The first-order chi connectivity index (χ1) is 8.93. The van der Waals surface area contributed by atoms with E-state index in [9.17, 15) is 0 Å². The van der Waals surface area contributed by atoms with Crippen LogP contribution < -0.4 is 5.32 Å². The largest absolute Gasteiger partial charge is 0.370 e. The molecule has 0 spiro atoms. The quantitative estimate of drug-likeness (QED) is 0.686. The van der Waals surface area contributed by atoms with E-state index in [1.807, 2.05) is 0 Å². The summed E-state index contributed by atoms with van der Waals surface area (Å²) in [6, 6.07) is 0.667. The molecule has 0 bridgehead atoms. The maximum Gasteiger partial charge on any atom is 0.0757 e. The van der Waals surface area contributed by atoms with Crippen molar-refractivity contribution in [3.63, 3.8) is 0 Å². The van der Waals surface area contributed by atoms with Crippen LogP contribution in [0.4, 0.5) is 0 Å². The van der Waals surface area contributed by atoms with Crippen molar-refractivity contribution in [2.24, 2.45) is 0 Å². The van der Waals surface area contributed by atoms with Crippen molar-refractivity contribution in [3.05, 3.63) is 0 Å². The number of hydrogen-bond donors (Lipinski definition) is 1. The van der Waals surface area contributed by atoms with Crippen molar-refractivity contribution in [1.82, 2.24) is 10.2 Å². The zero-order valence-electron chi connectivity index (χ0n) is 13.7. The highest BCUT2D eigenvalue weighted by molar-refractivity contribution is 4.82. The molecule has 2 unspecified atom stereocenters. The van der Waals surface area contributed by atoms with Crippen LogP contribution in [-0.2, 0) is 4.74 Å². The minimum absolute atomic E-state index is 0.0215. The van der Waals surface area contributed by atoms with Crippen molar-refractivity contribution in [2.45, 2.75) is 78.0 Å². The third-order valence-corrected chi connectivity index (χ3v) is 3.74. The lowest BCUT2D eigenvalue weighted by molar-refractivity contribution is -0.128. The van der Waals surface area contributed by atoms with Gasteiger partial charge in [-0.05, 0) is 60.0 Å². The Morgan fingerprint density at radius 2 is 2.11 bits per heavy atom. The van der Waals surface area contributed by atoms with Gasteiger partial charge in [-0.25, -0.2) is 0 Å². The zero-order chi connectivity index (χ0) is 14.3. The van der Waals surface area contributed by atoms with E-state index in [-0.39, 0.29) is 5.60 Å². The van der Waals surface area contributed by atoms with Crippen molar-refractivity contribution < 1.29 is 4.74 Å². The van der Waals surface area contributed by atoms with Gasteiger partial charge in [0.2, 0.25) is 0 Å².